The van der Waals surface area contributed by atoms with Crippen LogP contribution in [0.25, 0.3) is 11.3 Å². The van der Waals surface area contributed by atoms with Gasteiger partial charge in [-0.05, 0) is 37.1 Å². The number of aliphatic hydroxyl groups excluding tert-OH is 2. The van der Waals surface area contributed by atoms with Crippen LogP contribution in [-0.2, 0) is 46.0 Å². The smallest absolute Gasteiger partial charge is 0.394 e. The third-order valence-electron chi connectivity index (χ3n) is 9.90. The van der Waals surface area contributed by atoms with Crippen LogP contribution in [0.4, 0.5) is 13.2 Å². The maximum atomic E-state index is 14.2. The predicted molar refractivity (Wildman–Crippen MR) is 185 cm³/mol. The molecule has 0 amide bonds. The molecule has 3 N–H and O–H groups in total. The molecule has 0 radical (unpaired) electrons. The van der Waals surface area contributed by atoms with Crippen LogP contribution in [0.1, 0.15) is 35.4 Å². The molecule has 3 aromatic rings. The number of hydrogen-bond acceptors (Lipinski definition) is 11. The number of hydrogen-bond donors (Lipinski definition) is 3. The SMILES string of the molecule is CS(=O)(=O)N1CCc2c(c(-c3ccc(C(F)(F)F)c(SCCN4CCOC(CO)C4)c3)nn2CC(O)CN2CCC(O)(c3ccccn3)CC2)C1. The maximum absolute atomic E-state index is 14.2. The van der Waals surface area contributed by atoms with Crippen molar-refractivity contribution in [2.75, 3.05) is 71.0 Å². The third-order valence-corrected chi connectivity index (χ3v) is 12.2. The van der Waals surface area contributed by atoms with Gasteiger partial charge in [-0.25, -0.2) is 8.42 Å². The Kier molecular flexibility index (Phi) is 11.8. The number of sulfonamides is 1. The second-order valence-electron chi connectivity index (χ2n) is 13.5. The van der Waals surface area contributed by atoms with Gasteiger partial charge < -0.3 is 25.0 Å². The molecule has 17 heteroatoms. The van der Waals surface area contributed by atoms with Crippen LogP contribution in [0, 0.1) is 0 Å². The minimum atomic E-state index is -4.58. The molecule has 2 fully saturated rings. The lowest BCUT2D eigenvalue weighted by Crippen LogP contribution is -2.46. The van der Waals surface area contributed by atoms with Gasteiger partial charge in [0, 0.05) is 92.4 Å². The number of aromatic nitrogens is 3. The van der Waals surface area contributed by atoms with E-state index in [2.05, 4.69) is 14.8 Å². The highest BCUT2D eigenvalue weighted by Gasteiger charge is 2.37. The Morgan fingerprint density at radius 2 is 1.88 bits per heavy atom. The van der Waals surface area contributed by atoms with Gasteiger partial charge in [-0.3, -0.25) is 14.6 Å². The Labute approximate surface area is 300 Å². The number of β-amino-alcohol motifs (C(OH)–C–C–N with tert-alkyl or cyclic N) is 1. The molecule has 3 aliphatic rings. The molecule has 0 spiro atoms. The molecule has 51 heavy (non-hydrogen) atoms. The fraction of sp³-hybridized carbons (Fsp3) is 0.588. The summed E-state index contributed by atoms with van der Waals surface area (Å²) in [5.74, 6) is 0.376. The van der Waals surface area contributed by atoms with E-state index >= 15 is 0 Å². The topological polar surface area (TPSA) is 144 Å². The largest absolute Gasteiger partial charge is 0.417 e. The van der Waals surface area contributed by atoms with Crippen molar-refractivity contribution in [3.8, 4) is 11.3 Å². The van der Waals surface area contributed by atoms with E-state index in [4.69, 9.17) is 9.84 Å². The Morgan fingerprint density at radius 3 is 2.57 bits per heavy atom. The van der Waals surface area contributed by atoms with E-state index in [-0.39, 0.29) is 37.2 Å². The summed E-state index contributed by atoms with van der Waals surface area (Å²) in [6, 6.07) is 9.35. The lowest BCUT2D eigenvalue weighted by molar-refractivity contribution is -0.139. The van der Waals surface area contributed by atoms with E-state index in [9.17, 15) is 36.9 Å². The molecular weight excluding hydrogens is 710 g/mol. The first-order chi connectivity index (χ1) is 24.2. The zero-order chi connectivity index (χ0) is 36.4. The first-order valence-corrected chi connectivity index (χ1v) is 19.9. The van der Waals surface area contributed by atoms with E-state index in [0.717, 1.165) is 29.8 Å². The van der Waals surface area contributed by atoms with Crippen molar-refractivity contribution in [1.29, 1.82) is 0 Å². The highest BCUT2D eigenvalue weighted by Crippen LogP contribution is 2.40. The van der Waals surface area contributed by atoms with Gasteiger partial charge in [0.2, 0.25) is 10.0 Å². The number of benzene rings is 1. The number of pyridine rings is 1. The molecule has 280 valence electrons. The highest BCUT2D eigenvalue weighted by atomic mass is 32.2. The van der Waals surface area contributed by atoms with E-state index < -0.39 is 33.5 Å². The van der Waals surface area contributed by atoms with E-state index in [1.165, 1.54) is 16.4 Å². The Bertz CT molecular complexity index is 1750. The minimum absolute atomic E-state index is 0.0182. The Hall–Kier alpha value is -2.61. The Balaban J connectivity index is 1.21. The third kappa shape index (κ3) is 9.13. The first-order valence-electron chi connectivity index (χ1n) is 17.1. The minimum Gasteiger partial charge on any atom is -0.394 e. The molecule has 0 aliphatic carbocycles. The number of rotatable bonds is 12. The van der Waals surface area contributed by atoms with Crippen molar-refractivity contribution in [1.82, 2.24) is 28.9 Å². The fourth-order valence-electron chi connectivity index (χ4n) is 7.09. The van der Waals surface area contributed by atoms with Crippen molar-refractivity contribution in [3.63, 3.8) is 0 Å². The number of ether oxygens (including phenoxy) is 1. The quantitative estimate of drug-likeness (QED) is 0.235. The molecular formula is C34H45F3N6O6S2. The van der Waals surface area contributed by atoms with E-state index in [1.807, 2.05) is 12.1 Å². The fourth-order valence-corrected chi connectivity index (χ4v) is 8.99. The van der Waals surface area contributed by atoms with Gasteiger partial charge in [0.25, 0.3) is 0 Å². The molecule has 3 aliphatic heterocycles. The zero-order valence-corrected chi connectivity index (χ0v) is 30.1. The van der Waals surface area contributed by atoms with Crippen LogP contribution in [0.3, 0.4) is 0 Å². The van der Waals surface area contributed by atoms with Gasteiger partial charge in [0.05, 0.1) is 55.2 Å². The van der Waals surface area contributed by atoms with Crippen LogP contribution in [-0.4, -0.2) is 136 Å². The summed E-state index contributed by atoms with van der Waals surface area (Å²) in [4.78, 5) is 8.50. The number of aliphatic hydroxyl groups is 3. The van der Waals surface area contributed by atoms with E-state index in [0.29, 0.717) is 93.4 Å². The second-order valence-corrected chi connectivity index (χ2v) is 16.7. The van der Waals surface area contributed by atoms with Gasteiger partial charge >= 0.3 is 6.18 Å². The molecule has 6 rings (SSSR count). The normalized spacial score (nSPS) is 21.4. The maximum Gasteiger partial charge on any atom is 0.417 e. The van der Waals surface area contributed by atoms with Crippen LogP contribution >= 0.6 is 11.8 Å². The molecule has 0 bridgehead atoms. The van der Waals surface area contributed by atoms with E-state index in [1.54, 1.807) is 16.9 Å². The van der Waals surface area contributed by atoms with Crippen LogP contribution < -0.4 is 0 Å². The average Bonchev–Trinajstić information content (AvgIpc) is 3.46. The summed E-state index contributed by atoms with van der Waals surface area (Å²) in [5, 5.41) is 36.7. The second kappa shape index (κ2) is 15.8. The lowest BCUT2D eigenvalue weighted by Gasteiger charge is -2.38. The molecule has 1 aromatic carbocycles. The zero-order valence-electron chi connectivity index (χ0n) is 28.5. The van der Waals surface area contributed by atoms with Crippen molar-refractivity contribution < 1.29 is 41.6 Å². The molecule has 2 atom stereocenters. The molecule has 2 aromatic heterocycles. The van der Waals surface area contributed by atoms with Crippen molar-refractivity contribution in [3.05, 3.63) is 65.1 Å². The summed E-state index contributed by atoms with van der Waals surface area (Å²) < 4.78 is 76.1. The van der Waals surface area contributed by atoms with Crippen LogP contribution in [0.15, 0.2) is 47.5 Å². The molecule has 2 unspecified atom stereocenters. The number of likely N-dealkylation sites (tertiary alicyclic amines) is 1. The predicted octanol–water partition coefficient (Wildman–Crippen LogP) is 2.41. The monoisotopic (exact) mass is 754 g/mol. The number of thioether (sulfide) groups is 1. The number of piperidine rings is 1. The van der Waals surface area contributed by atoms with Gasteiger partial charge in [-0.2, -0.15) is 22.6 Å². The molecule has 2 saturated heterocycles. The van der Waals surface area contributed by atoms with Gasteiger partial charge in [0.15, 0.2) is 0 Å². The first kappa shape index (κ1) is 38.1. The number of nitrogens with zero attached hydrogens (tertiary/aromatic N) is 6. The van der Waals surface area contributed by atoms with Gasteiger partial charge in [-0.1, -0.05) is 12.1 Å². The Morgan fingerprint density at radius 1 is 1.10 bits per heavy atom. The number of morpholine rings is 1. The van der Waals surface area contributed by atoms with Crippen LogP contribution in [0.2, 0.25) is 0 Å². The number of fused-ring (bicyclic) bond motifs is 1. The molecule has 0 saturated carbocycles. The van der Waals surface area contributed by atoms with Crippen molar-refractivity contribution >= 4 is 21.8 Å². The summed E-state index contributed by atoms with van der Waals surface area (Å²) in [6.07, 6.45) is -1.71. The summed E-state index contributed by atoms with van der Waals surface area (Å²) >= 11 is 1.09. The summed E-state index contributed by atoms with van der Waals surface area (Å²) in [6.45, 7) is 3.73. The average molecular weight is 755 g/mol. The molecule has 12 nitrogen and oxygen atoms in total. The van der Waals surface area contributed by atoms with Gasteiger partial charge in [0.1, 0.15) is 5.60 Å². The standard InChI is InChI=1S/C34H45F3N6O6S2/c1-51(47,48)42-11-7-29-27(22-42)32(39-43(29)20-25(45)19-40-12-8-33(46,9-13-40)31-4-2-3-10-38-31)24-5-6-28(34(35,36)37)30(18-24)50-17-15-41-14-16-49-26(21-41)23-44/h2-6,10,18,25-26,44-46H,7-9,11-17,19-23H2,1H3. The van der Waals surface area contributed by atoms with Crippen molar-refractivity contribution in [2.45, 2.75) is 61.2 Å². The number of alkyl halides is 3. The highest BCUT2D eigenvalue weighted by molar-refractivity contribution is 7.99. The molecule has 5 heterocycles. The lowest BCUT2D eigenvalue weighted by atomic mass is 9.87. The van der Waals surface area contributed by atoms with Crippen LogP contribution in [0.5, 0.6) is 0 Å². The van der Waals surface area contributed by atoms with Gasteiger partial charge in [-0.15, -0.1) is 11.8 Å². The summed E-state index contributed by atoms with van der Waals surface area (Å²) in [5.41, 5.74) is 1.00. The summed E-state index contributed by atoms with van der Waals surface area (Å²) in [7, 11) is -3.56. The van der Waals surface area contributed by atoms with Crippen molar-refractivity contribution in [2.24, 2.45) is 0 Å². The number of halogens is 3.